The summed E-state index contributed by atoms with van der Waals surface area (Å²) in [5, 5.41) is 7.76. The first kappa shape index (κ1) is 47.0. The Balaban J connectivity index is 0.000000756. The smallest absolute Gasteiger partial charge is 0.325 e. The van der Waals surface area contributed by atoms with Crippen molar-refractivity contribution >= 4 is 35.9 Å². The van der Waals surface area contributed by atoms with Crippen molar-refractivity contribution in [2.75, 3.05) is 20.1 Å². The second kappa shape index (κ2) is 26.7. The number of nitrogens with zero attached hydrogens (tertiary/aromatic N) is 1. The highest BCUT2D eigenvalue weighted by Gasteiger charge is 2.35. The van der Waals surface area contributed by atoms with E-state index in [9.17, 15) is 28.8 Å². The summed E-state index contributed by atoms with van der Waals surface area (Å²) < 4.78 is 5.08. The van der Waals surface area contributed by atoms with E-state index in [1.54, 1.807) is 20.8 Å². The van der Waals surface area contributed by atoms with Crippen LogP contribution in [0.15, 0.2) is 0 Å². The Hall–Kier alpha value is -3.02. The number of aldehydes is 1. The Morgan fingerprint density at radius 2 is 1.36 bits per heavy atom. The minimum absolute atomic E-state index is 0.166. The quantitative estimate of drug-likeness (QED) is 0.122. The molecule has 0 aromatic rings. The van der Waals surface area contributed by atoms with E-state index in [0.29, 0.717) is 12.3 Å². The van der Waals surface area contributed by atoms with Crippen LogP contribution in [-0.2, 0) is 28.7 Å². The molecule has 3 unspecified atom stereocenters. The predicted molar refractivity (Wildman–Crippen MR) is 198 cm³/mol. The first-order valence-corrected chi connectivity index (χ1v) is 19.3. The molecule has 0 aromatic carbocycles. The number of rotatable bonds is 11. The number of hydrogen-bond acceptors (Lipinski definition) is 8. The zero-order valence-electron chi connectivity index (χ0n) is 32.6. The normalized spacial score (nSPS) is 19.8. The summed E-state index contributed by atoms with van der Waals surface area (Å²) in [6.07, 6.45) is 19.2. The SMILES string of the molecule is C1CCCC1.CC.CC(C)(C)OC(=O)CNC(=O)NC(C=O)C1CCCCC1.CCC.CN1CCCC1C(=O)NC(CC1CC1)C(=O)C(N)=O. The molecule has 12 heteroatoms. The van der Waals surface area contributed by atoms with Gasteiger partial charge >= 0.3 is 12.0 Å². The van der Waals surface area contributed by atoms with Crippen LogP contribution in [0.5, 0.6) is 0 Å². The number of Topliss-reactive ketones (excluding diaryl/α,β-unsaturated/α-hetero) is 1. The van der Waals surface area contributed by atoms with E-state index in [-0.39, 0.29) is 24.4 Å². The number of ether oxygens (including phenoxy) is 1. The molecule has 4 aliphatic rings. The molecular formula is C38H71N5O7. The fourth-order valence-electron chi connectivity index (χ4n) is 5.97. The lowest BCUT2D eigenvalue weighted by Gasteiger charge is -2.27. The van der Waals surface area contributed by atoms with Crippen LogP contribution in [0.4, 0.5) is 4.79 Å². The number of nitrogens with one attached hydrogen (secondary N) is 3. The second-order valence-corrected chi connectivity index (χ2v) is 14.6. The maximum atomic E-state index is 12.1. The Morgan fingerprint density at radius 1 is 0.840 bits per heavy atom. The van der Waals surface area contributed by atoms with Crippen molar-refractivity contribution in [3.63, 3.8) is 0 Å². The van der Waals surface area contributed by atoms with Crippen molar-refractivity contribution < 1.29 is 33.5 Å². The second-order valence-electron chi connectivity index (χ2n) is 14.6. The van der Waals surface area contributed by atoms with Crippen molar-refractivity contribution in [3.8, 4) is 0 Å². The van der Waals surface area contributed by atoms with E-state index in [1.807, 2.05) is 25.8 Å². The van der Waals surface area contributed by atoms with E-state index in [4.69, 9.17) is 10.5 Å². The lowest BCUT2D eigenvalue weighted by Crippen LogP contribution is -2.51. The van der Waals surface area contributed by atoms with Crippen molar-refractivity contribution in [2.24, 2.45) is 17.6 Å². The molecule has 3 atom stereocenters. The Labute approximate surface area is 302 Å². The highest BCUT2D eigenvalue weighted by atomic mass is 16.6. The minimum Gasteiger partial charge on any atom is -0.459 e. The third-order valence-electron chi connectivity index (χ3n) is 8.63. The molecule has 12 nitrogen and oxygen atoms in total. The molecule has 290 valence electrons. The monoisotopic (exact) mass is 710 g/mol. The molecule has 0 aromatic heterocycles. The largest absolute Gasteiger partial charge is 0.459 e. The maximum Gasteiger partial charge on any atom is 0.325 e. The number of esters is 1. The summed E-state index contributed by atoms with van der Waals surface area (Å²) in [5.41, 5.74) is 4.46. The third kappa shape index (κ3) is 21.9. The van der Waals surface area contributed by atoms with Gasteiger partial charge in [0, 0.05) is 0 Å². The van der Waals surface area contributed by atoms with Gasteiger partial charge in [-0.2, -0.15) is 0 Å². The van der Waals surface area contributed by atoms with E-state index < -0.39 is 41.4 Å². The summed E-state index contributed by atoms with van der Waals surface area (Å²) in [6, 6.07) is -1.93. The van der Waals surface area contributed by atoms with Crippen molar-refractivity contribution in [1.82, 2.24) is 20.9 Å². The summed E-state index contributed by atoms with van der Waals surface area (Å²) in [5.74, 6) is -1.68. The van der Waals surface area contributed by atoms with Gasteiger partial charge < -0.3 is 31.2 Å². The Morgan fingerprint density at radius 3 is 1.78 bits per heavy atom. The van der Waals surface area contributed by atoms with Gasteiger partial charge in [-0.25, -0.2) is 4.79 Å². The maximum absolute atomic E-state index is 12.1. The van der Waals surface area contributed by atoms with Gasteiger partial charge in [-0.1, -0.05) is 98.3 Å². The third-order valence-corrected chi connectivity index (χ3v) is 8.63. The Kier molecular flexibility index (Phi) is 25.1. The molecule has 4 amide bonds. The fourth-order valence-corrected chi connectivity index (χ4v) is 5.97. The molecule has 1 aliphatic heterocycles. The molecule has 0 spiro atoms. The van der Waals surface area contributed by atoms with Crippen LogP contribution in [0.3, 0.4) is 0 Å². The number of urea groups is 1. The zero-order valence-corrected chi connectivity index (χ0v) is 32.6. The molecule has 0 radical (unpaired) electrons. The van der Waals surface area contributed by atoms with Crippen molar-refractivity contribution in [1.29, 1.82) is 0 Å². The number of carbonyl (C=O) groups is 6. The molecule has 3 aliphatic carbocycles. The summed E-state index contributed by atoms with van der Waals surface area (Å²) in [4.78, 5) is 71.2. The van der Waals surface area contributed by atoms with Gasteiger partial charge in [0.05, 0.1) is 18.1 Å². The van der Waals surface area contributed by atoms with Gasteiger partial charge in [0.25, 0.3) is 5.91 Å². The van der Waals surface area contributed by atoms with Gasteiger partial charge in [-0.15, -0.1) is 0 Å². The van der Waals surface area contributed by atoms with E-state index in [0.717, 1.165) is 64.2 Å². The lowest BCUT2D eigenvalue weighted by atomic mass is 9.84. The lowest BCUT2D eigenvalue weighted by molar-refractivity contribution is -0.153. The first-order chi connectivity index (χ1) is 23.7. The van der Waals surface area contributed by atoms with Gasteiger partial charge in [-0.05, 0) is 78.3 Å². The number of hydrogen-bond donors (Lipinski definition) is 4. The van der Waals surface area contributed by atoms with E-state index >= 15 is 0 Å². The Bertz CT molecular complexity index is 994. The molecule has 5 N–H and O–H groups in total. The first-order valence-electron chi connectivity index (χ1n) is 19.3. The van der Waals surface area contributed by atoms with Gasteiger partial charge in [0.2, 0.25) is 11.7 Å². The zero-order chi connectivity index (χ0) is 38.1. The standard InChI is InChI=1S/C15H26N2O4.C13H21N3O3.C5H10.C3H8.C2H6/c1-15(2,3)21-13(19)9-16-14(20)17-12(10-18)11-7-5-4-6-8-11;1-16-6-2-3-10(16)13(19)15-9(7-8-4-5-8)11(17)12(14)18;1-2-4-5-3-1;1-3-2;1-2/h10-12H,4-9H2,1-3H3,(H2,16,17,20);8-10H,2-7H2,1H3,(H2,14,18)(H,15,19);1-5H2;3H2,1-2H3;1-2H3. The van der Waals surface area contributed by atoms with Crippen LogP contribution in [0.25, 0.3) is 0 Å². The van der Waals surface area contributed by atoms with Crippen LogP contribution >= 0.6 is 0 Å². The average Bonchev–Trinajstić information content (AvgIpc) is 3.47. The van der Waals surface area contributed by atoms with E-state index in [1.165, 1.54) is 44.9 Å². The fraction of sp³-hybridized carbons (Fsp3) is 0.842. The number of nitrogens with two attached hydrogens (primary N) is 1. The van der Waals surface area contributed by atoms with Crippen LogP contribution in [0.2, 0.25) is 0 Å². The number of likely N-dealkylation sites (tertiary alicyclic amines) is 1. The number of likely N-dealkylation sites (N-methyl/N-ethyl adjacent to an activating group) is 1. The summed E-state index contributed by atoms with van der Waals surface area (Å²) in [6.45, 7) is 14.2. The minimum atomic E-state index is -0.967. The number of carbonyl (C=O) groups excluding carboxylic acids is 6. The molecular weight excluding hydrogens is 638 g/mol. The van der Waals surface area contributed by atoms with Gasteiger partial charge in [0.1, 0.15) is 18.4 Å². The molecule has 0 bridgehead atoms. The predicted octanol–water partition coefficient (Wildman–Crippen LogP) is 5.59. The molecule has 3 saturated carbocycles. The molecule has 1 heterocycles. The highest BCUT2D eigenvalue weighted by molar-refractivity contribution is 6.37. The summed E-state index contributed by atoms with van der Waals surface area (Å²) >= 11 is 0. The average molecular weight is 710 g/mol. The van der Waals surface area contributed by atoms with Gasteiger partial charge in [0.15, 0.2) is 0 Å². The number of primary amides is 1. The molecule has 4 rings (SSSR count). The van der Waals surface area contributed by atoms with Crippen molar-refractivity contribution in [3.05, 3.63) is 0 Å². The van der Waals surface area contributed by atoms with Crippen LogP contribution in [0, 0.1) is 11.8 Å². The highest BCUT2D eigenvalue weighted by Crippen LogP contribution is 2.33. The van der Waals surface area contributed by atoms with Crippen molar-refractivity contribution in [2.45, 2.75) is 175 Å². The number of amides is 4. The van der Waals surface area contributed by atoms with Crippen LogP contribution < -0.4 is 21.7 Å². The number of ketones is 1. The molecule has 4 fully saturated rings. The van der Waals surface area contributed by atoms with Gasteiger partial charge in [-0.3, -0.25) is 24.1 Å². The van der Waals surface area contributed by atoms with E-state index in [2.05, 4.69) is 29.8 Å². The molecule has 50 heavy (non-hydrogen) atoms. The topological polar surface area (TPSA) is 177 Å². The van der Waals surface area contributed by atoms with Crippen LogP contribution in [-0.4, -0.2) is 84.6 Å². The molecule has 1 saturated heterocycles. The summed E-state index contributed by atoms with van der Waals surface area (Å²) in [7, 11) is 1.89. The van der Waals surface area contributed by atoms with Crippen LogP contribution in [0.1, 0.15) is 151 Å².